The first kappa shape index (κ1) is 22.1. The molecule has 1 atom stereocenters. The molecule has 6 nitrogen and oxygen atoms in total. The first-order chi connectivity index (χ1) is 15.4. The molecule has 0 saturated carbocycles. The highest BCUT2D eigenvalue weighted by Crippen LogP contribution is 2.43. The Kier molecular flexibility index (Phi) is 6.64. The first-order valence-electron chi connectivity index (χ1n) is 9.92. The van der Waals surface area contributed by atoms with E-state index in [9.17, 15) is 13.2 Å². The molecule has 0 fully saturated rings. The van der Waals surface area contributed by atoms with Crippen molar-refractivity contribution in [2.24, 2.45) is 0 Å². The Morgan fingerprint density at radius 1 is 0.938 bits per heavy atom. The van der Waals surface area contributed by atoms with Gasteiger partial charge in [0.15, 0.2) is 0 Å². The molecule has 8 heteroatoms. The quantitative estimate of drug-likeness (QED) is 0.288. The first-order valence-corrected chi connectivity index (χ1v) is 12.5. The van der Waals surface area contributed by atoms with Gasteiger partial charge in [-0.3, -0.25) is 0 Å². The van der Waals surface area contributed by atoms with Crippen molar-refractivity contribution in [3.8, 4) is 5.75 Å². The molecular weight excluding hydrogens is 446 g/mol. The molecule has 4 rings (SSSR count). The number of fused-ring (bicyclic) bond motifs is 2. The number of hydrogen-bond acceptors (Lipinski definition) is 5. The van der Waals surface area contributed by atoms with Gasteiger partial charge in [0, 0.05) is 12.3 Å². The van der Waals surface area contributed by atoms with Gasteiger partial charge in [0.1, 0.15) is 5.75 Å². The molecule has 0 saturated heterocycles. The molecule has 2 N–H and O–H groups in total. The Bertz CT molecular complexity index is 1260. The van der Waals surface area contributed by atoms with Crippen molar-refractivity contribution >= 4 is 40.1 Å². The molecule has 1 aliphatic rings. The number of benzene rings is 3. The summed E-state index contributed by atoms with van der Waals surface area (Å²) in [5.74, 6) is 0.772. The molecule has 164 valence electrons. The summed E-state index contributed by atoms with van der Waals surface area (Å²) in [5.41, 5.74) is 4.01. The summed E-state index contributed by atoms with van der Waals surface area (Å²) in [5, 5.41) is 8.87. The number of thioether (sulfide) groups is 1. The van der Waals surface area contributed by atoms with Crippen molar-refractivity contribution in [1.29, 1.82) is 0 Å². The van der Waals surface area contributed by atoms with Gasteiger partial charge < -0.3 is 9.84 Å². The Morgan fingerprint density at radius 3 is 2.38 bits per heavy atom. The van der Waals surface area contributed by atoms with Gasteiger partial charge in [-0.1, -0.05) is 60.7 Å². The predicted molar refractivity (Wildman–Crippen MR) is 126 cm³/mol. The number of sulfonamides is 1. The van der Waals surface area contributed by atoms with E-state index >= 15 is 0 Å². The molecule has 0 amide bonds. The molecular formula is C24H21NO5S2. The largest absolute Gasteiger partial charge is 0.511 e. The lowest BCUT2D eigenvalue weighted by Gasteiger charge is -2.21. The highest BCUT2D eigenvalue weighted by Gasteiger charge is 2.23. The van der Waals surface area contributed by atoms with Crippen LogP contribution in [0.4, 0.5) is 4.79 Å². The Morgan fingerprint density at radius 2 is 1.62 bits per heavy atom. The van der Waals surface area contributed by atoms with E-state index in [2.05, 4.69) is 4.72 Å². The maximum absolute atomic E-state index is 12.5. The van der Waals surface area contributed by atoms with Gasteiger partial charge in [-0.2, -0.15) is 0 Å². The summed E-state index contributed by atoms with van der Waals surface area (Å²) in [4.78, 5) is 11.2. The fourth-order valence-electron chi connectivity index (χ4n) is 3.56. The maximum atomic E-state index is 12.5. The van der Waals surface area contributed by atoms with Crippen molar-refractivity contribution in [3.63, 3.8) is 0 Å². The average Bonchev–Trinajstić information content (AvgIpc) is 2.94. The zero-order chi connectivity index (χ0) is 22.6. The van der Waals surface area contributed by atoms with E-state index in [1.54, 1.807) is 54.2 Å². The average molecular weight is 468 g/mol. The van der Waals surface area contributed by atoms with Crippen LogP contribution in [0.15, 0.2) is 77.7 Å². The van der Waals surface area contributed by atoms with E-state index in [0.29, 0.717) is 5.75 Å². The standard InChI is InChI=1S/C24H21NO5S2/c26-24(27)30-19-13-12-18-11-10-17-6-4-5-9-21(17)23(22(18)16-19)31-15-14-25-32(28,29)20-7-2-1-3-8-20/h1-13,16,23,25H,14-15H2,(H,26,27). The molecule has 32 heavy (non-hydrogen) atoms. The summed E-state index contributed by atoms with van der Waals surface area (Å²) >= 11 is 1.59. The van der Waals surface area contributed by atoms with Gasteiger partial charge in [-0.15, -0.1) is 11.8 Å². The second kappa shape index (κ2) is 9.60. The van der Waals surface area contributed by atoms with Crippen LogP contribution >= 0.6 is 11.8 Å². The van der Waals surface area contributed by atoms with Gasteiger partial charge in [-0.05, 0) is 46.5 Å². The van der Waals surface area contributed by atoms with E-state index in [4.69, 9.17) is 9.84 Å². The number of rotatable bonds is 7. The van der Waals surface area contributed by atoms with Crippen LogP contribution in [-0.4, -0.2) is 32.0 Å². The van der Waals surface area contributed by atoms with Gasteiger partial charge in [0.25, 0.3) is 0 Å². The number of carbonyl (C=O) groups is 1. The van der Waals surface area contributed by atoms with E-state index in [-0.39, 0.29) is 22.4 Å². The normalized spacial score (nSPS) is 14.8. The minimum Gasteiger partial charge on any atom is -0.449 e. The maximum Gasteiger partial charge on any atom is 0.511 e. The third-order valence-electron chi connectivity index (χ3n) is 5.00. The molecule has 0 aromatic heterocycles. The summed E-state index contributed by atoms with van der Waals surface area (Å²) in [7, 11) is -3.57. The van der Waals surface area contributed by atoms with Crippen LogP contribution in [0.5, 0.6) is 5.75 Å². The number of nitrogens with one attached hydrogen (secondary N) is 1. The summed E-state index contributed by atoms with van der Waals surface area (Å²) in [6, 6.07) is 21.4. The van der Waals surface area contributed by atoms with Gasteiger partial charge in [0.2, 0.25) is 10.0 Å². The van der Waals surface area contributed by atoms with Crippen molar-refractivity contribution in [3.05, 3.63) is 95.1 Å². The number of ether oxygens (including phenoxy) is 1. The summed E-state index contributed by atoms with van der Waals surface area (Å²) < 4.78 is 32.5. The van der Waals surface area contributed by atoms with E-state index in [1.807, 2.05) is 42.5 Å². The molecule has 3 aromatic rings. The Balaban J connectivity index is 1.56. The third kappa shape index (κ3) is 5.04. The summed E-state index contributed by atoms with van der Waals surface area (Å²) in [6.45, 7) is 0.259. The second-order valence-corrected chi connectivity index (χ2v) is 10.1. The van der Waals surface area contributed by atoms with E-state index in [0.717, 1.165) is 22.3 Å². The van der Waals surface area contributed by atoms with Gasteiger partial charge in [0.05, 0.1) is 10.1 Å². The topological polar surface area (TPSA) is 92.7 Å². The summed E-state index contributed by atoms with van der Waals surface area (Å²) in [6.07, 6.45) is 2.66. The van der Waals surface area contributed by atoms with Gasteiger partial charge >= 0.3 is 6.16 Å². The zero-order valence-electron chi connectivity index (χ0n) is 17.0. The SMILES string of the molecule is O=C(O)Oc1ccc2c(c1)C(SCCNS(=O)(=O)c1ccccc1)c1ccccc1C=C2. The lowest BCUT2D eigenvalue weighted by Crippen LogP contribution is -2.26. The second-order valence-electron chi connectivity index (χ2n) is 7.08. The number of hydrogen-bond donors (Lipinski definition) is 2. The predicted octanol–water partition coefficient (Wildman–Crippen LogP) is 5.03. The van der Waals surface area contributed by atoms with Crippen molar-refractivity contribution in [1.82, 2.24) is 4.72 Å². The highest BCUT2D eigenvalue weighted by atomic mass is 32.2. The molecule has 0 heterocycles. The molecule has 3 aromatic carbocycles. The van der Waals surface area contributed by atoms with E-state index in [1.165, 1.54) is 0 Å². The van der Waals surface area contributed by atoms with Crippen LogP contribution < -0.4 is 9.46 Å². The molecule has 0 bridgehead atoms. The fourth-order valence-corrected chi connectivity index (χ4v) is 5.98. The van der Waals surface area contributed by atoms with Crippen LogP contribution in [0.1, 0.15) is 27.5 Å². The molecule has 1 aliphatic carbocycles. The van der Waals surface area contributed by atoms with Crippen LogP contribution in [0.2, 0.25) is 0 Å². The molecule has 0 aliphatic heterocycles. The van der Waals surface area contributed by atoms with Crippen LogP contribution in [-0.2, 0) is 10.0 Å². The van der Waals surface area contributed by atoms with Crippen LogP contribution in [0.3, 0.4) is 0 Å². The van der Waals surface area contributed by atoms with Gasteiger partial charge in [-0.25, -0.2) is 17.9 Å². The Hall–Kier alpha value is -3.07. The third-order valence-corrected chi connectivity index (χ3v) is 7.76. The Labute approximate surface area is 191 Å². The fraction of sp³-hybridized carbons (Fsp3) is 0.125. The molecule has 0 radical (unpaired) electrons. The monoisotopic (exact) mass is 467 g/mol. The minimum absolute atomic E-state index is 0.116. The zero-order valence-corrected chi connectivity index (χ0v) is 18.6. The minimum atomic E-state index is -3.57. The smallest absolute Gasteiger partial charge is 0.449 e. The highest BCUT2D eigenvalue weighted by molar-refractivity contribution is 7.99. The lowest BCUT2D eigenvalue weighted by atomic mass is 9.99. The van der Waals surface area contributed by atoms with Crippen molar-refractivity contribution < 1.29 is 23.1 Å². The van der Waals surface area contributed by atoms with Crippen molar-refractivity contribution in [2.75, 3.05) is 12.3 Å². The van der Waals surface area contributed by atoms with Crippen molar-refractivity contribution in [2.45, 2.75) is 10.1 Å². The molecule has 0 spiro atoms. The molecule has 1 unspecified atom stereocenters. The van der Waals surface area contributed by atoms with Crippen LogP contribution in [0, 0.1) is 0 Å². The van der Waals surface area contributed by atoms with Crippen LogP contribution in [0.25, 0.3) is 12.2 Å². The lowest BCUT2D eigenvalue weighted by molar-refractivity contribution is 0.144. The van der Waals surface area contributed by atoms with E-state index < -0.39 is 16.2 Å². The number of carboxylic acid groups (broad SMARTS) is 1.